The van der Waals surface area contributed by atoms with E-state index in [4.69, 9.17) is 11.6 Å². The zero-order valence-corrected chi connectivity index (χ0v) is 10.4. The number of carbonyl (C=O) groups is 1. The summed E-state index contributed by atoms with van der Waals surface area (Å²) in [5, 5.41) is 5.21. The summed E-state index contributed by atoms with van der Waals surface area (Å²) < 4.78 is 0. The van der Waals surface area contributed by atoms with Crippen molar-refractivity contribution in [1.29, 1.82) is 0 Å². The van der Waals surface area contributed by atoms with Crippen LogP contribution < -0.4 is 5.32 Å². The van der Waals surface area contributed by atoms with Gasteiger partial charge in [0, 0.05) is 0 Å². The van der Waals surface area contributed by atoms with Crippen molar-refractivity contribution in [2.75, 3.05) is 5.88 Å². The molecule has 0 bridgehead atoms. The third-order valence-corrected chi connectivity index (χ3v) is 3.03. The van der Waals surface area contributed by atoms with Gasteiger partial charge in [-0.1, -0.05) is 42.5 Å². The molecule has 17 heavy (non-hydrogen) atoms. The monoisotopic (exact) mass is 247 g/mol. The molecular weight excluding hydrogens is 234 g/mol. The predicted molar refractivity (Wildman–Crippen MR) is 71.2 cm³/mol. The average molecular weight is 248 g/mol. The molecule has 3 heteroatoms. The Labute approximate surface area is 106 Å². The lowest BCUT2D eigenvalue weighted by Gasteiger charge is -2.15. The molecule has 0 heterocycles. The van der Waals surface area contributed by atoms with E-state index < -0.39 is 0 Å². The Hall–Kier alpha value is -1.54. The van der Waals surface area contributed by atoms with Crippen molar-refractivity contribution in [1.82, 2.24) is 5.32 Å². The van der Waals surface area contributed by atoms with E-state index in [1.165, 1.54) is 5.39 Å². The Kier molecular flexibility index (Phi) is 3.64. The summed E-state index contributed by atoms with van der Waals surface area (Å²) in [6, 6.07) is 14.2. The molecule has 2 nitrogen and oxygen atoms in total. The van der Waals surface area contributed by atoms with E-state index in [2.05, 4.69) is 23.5 Å². The van der Waals surface area contributed by atoms with Crippen LogP contribution in [0.1, 0.15) is 18.5 Å². The van der Waals surface area contributed by atoms with E-state index in [1.807, 2.05) is 31.2 Å². The molecule has 2 aromatic rings. The molecule has 0 radical (unpaired) electrons. The van der Waals surface area contributed by atoms with Gasteiger partial charge in [0.15, 0.2) is 0 Å². The van der Waals surface area contributed by atoms with Crippen molar-refractivity contribution in [2.24, 2.45) is 0 Å². The number of amides is 1. The Morgan fingerprint density at radius 3 is 2.71 bits per heavy atom. The number of nitrogens with one attached hydrogen (secondary N) is 1. The van der Waals surface area contributed by atoms with Crippen LogP contribution in [-0.2, 0) is 4.79 Å². The second-order valence-corrected chi connectivity index (χ2v) is 4.26. The van der Waals surface area contributed by atoms with Crippen LogP contribution in [-0.4, -0.2) is 11.8 Å². The van der Waals surface area contributed by atoms with Gasteiger partial charge in [0.05, 0.1) is 6.04 Å². The Morgan fingerprint density at radius 1 is 1.24 bits per heavy atom. The molecule has 0 spiro atoms. The maximum absolute atomic E-state index is 11.3. The first-order chi connectivity index (χ1) is 8.22. The van der Waals surface area contributed by atoms with Crippen molar-refractivity contribution in [3.05, 3.63) is 48.0 Å². The van der Waals surface area contributed by atoms with Crippen molar-refractivity contribution < 1.29 is 4.79 Å². The highest BCUT2D eigenvalue weighted by atomic mass is 35.5. The lowest BCUT2D eigenvalue weighted by Crippen LogP contribution is -2.27. The first-order valence-electron chi connectivity index (χ1n) is 5.55. The smallest absolute Gasteiger partial charge is 0.235 e. The number of carbonyl (C=O) groups excluding carboxylic acids is 1. The van der Waals surface area contributed by atoms with Gasteiger partial charge in [-0.25, -0.2) is 0 Å². The molecule has 0 aromatic heterocycles. The number of fused-ring (bicyclic) bond motifs is 1. The van der Waals surface area contributed by atoms with E-state index in [0.29, 0.717) is 0 Å². The number of rotatable bonds is 3. The summed E-state index contributed by atoms with van der Waals surface area (Å²) in [4.78, 5) is 11.3. The Balaban J connectivity index is 2.38. The van der Waals surface area contributed by atoms with Crippen LogP contribution in [0.15, 0.2) is 42.5 Å². The minimum atomic E-state index is -0.146. The van der Waals surface area contributed by atoms with E-state index in [0.717, 1.165) is 10.9 Å². The molecule has 1 N–H and O–H groups in total. The molecule has 0 aliphatic heterocycles. The number of hydrogen-bond acceptors (Lipinski definition) is 1. The quantitative estimate of drug-likeness (QED) is 0.829. The third kappa shape index (κ3) is 2.59. The highest BCUT2D eigenvalue weighted by molar-refractivity contribution is 6.27. The lowest BCUT2D eigenvalue weighted by atomic mass is 10.00. The molecule has 0 aliphatic carbocycles. The maximum Gasteiger partial charge on any atom is 0.235 e. The SMILES string of the molecule is C[C@@H](NC(=O)CCl)c1cccc2ccccc12. The van der Waals surface area contributed by atoms with E-state index >= 15 is 0 Å². The molecule has 0 aliphatic rings. The number of hydrogen-bond donors (Lipinski definition) is 1. The predicted octanol–water partition coefficient (Wildman–Crippen LogP) is 3.26. The van der Waals surface area contributed by atoms with Crippen LogP contribution in [0.3, 0.4) is 0 Å². The highest BCUT2D eigenvalue weighted by Crippen LogP contribution is 2.23. The molecule has 0 saturated carbocycles. The van der Waals surface area contributed by atoms with Crippen LogP contribution in [0.5, 0.6) is 0 Å². The topological polar surface area (TPSA) is 29.1 Å². The second kappa shape index (κ2) is 5.19. The van der Waals surface area contributed by atoms with Gasteiger partial charge in [-0.15, -0.1) is 11.6 Å². The summed E-state index contributed by atoms with van der Waals surface area (Å²) in [5.74, 6) is -0.151. The number of halogens is 1. The fourth-order valence-corrected chi connectivity index (χ4v) is 2.06. The Morgan fingerprint density at radius 2 is 1.94 bits per heavy atom. The van der Waals surface area contributed by atoms with Gasteiger partial charge in [-0.2, -0.15) is 0 Å². The second-order valence-electron chi connectivity index (χ2n) is 3.99. The van der Waals surface area contributed by atoms with E-state index in [9.17, 15) is 4.79 Å². The van der Waals surface area contributed by atoms with Gasteiger partial charge in [0.1, 0.15) is 5.88 Å². The molecule has 1 atom stereocenters. The van der Waals surface area contributed by atoms with Gasteiger partial charge in [0.25, 0.3) is 0 Å². The summed E-state index contributed by atoms with van der Waals surface area (Å²) in [7, 11) is 0. The first-order valence-corrected chi connectivity index (χ1v) is 6.09. The third-order valence-electron chi connectivity index (χ3n) is 2.79. The fraction of sp³-hybridized carbons (Fsp3) is 0.214. The van der Waals surface area contributed by atoms with Gasteiger partial charge in [-0.3, -0.25) is 4.79 Å². The molecule has 1 amide bonds. The minimum Gasteiger partial charge on any atom is -0.349 e. The van der Waals surface area contributed by atoms with E-state index in [-0.39, 0.29) is 17.8 Å². The van der Waals surface area contributed by atoms with Crippen molar-refractivity contribution in [3.8, 4) is 0 Å². The largest absolute Gasteiger partial charge is 0.349 e. The standard InChI is InChI=1S/C14H14ClNO/c1-10(16-14(17)9-15)12-8-4-6-11-5-2-3-7-13(11)12/h2-8,10H,9H2,1H3,(H,16,17)/t10-/m1/s1. The van der Waals surface area contributed by atoms with Crippen molar-refractivity contribution in [2.45, 2.75) is 13.0 Å². The van der Waals surface area contributed by atoms with Crippen molar-refractivity contribution in [3.63, 3.8) is 0 Å². The first kappa shape index (κ1) is 11.9. The molecule has 88 valence electrons. The normalized spacial score (nSPS) is 12.4. The summed E-state index contributed by atoms with van der Waals surface area (Å²) in [5.41, 5.74) is 1.11. The van der Waals surface area contributed by atoms with E-state index in [1.54, 1.807) is 0 Å². The average Bonchev–Trinajstić information content (AvgIpc) is 2.37. The van der Waals surface area contributed by atoms with Crippen molar-refractivity contribution >= 4 is 28.3 Å². The molecule has 0 fully saturated rings. The lowest BCUT2D eigenvalue weighted by molar-refractivity contribution is -0.119. The van der Waals surface area contributed by atoms with Gasteiger partial charge in [0.2, 0.25) is 5.91 Å². The molecule has 2 aromatic carbocycles. The van der Waals surface area contributed by atoms with Crippen LogP contribution >= 0.6 is 11.6 Å². The molecular formula is C14H14ClNO. The minimum absolute atomic E-state index is 0.00486. The summed E-state index contributed by atoms with van der Waals surface area (Å²) in [6.45, 7) is 1.96. The van der Waals surface area contributed by atoms with Crippen LogP contribution in [0, 0.1) is 0 Å². The molecule has 0 saturated heterocycles. The number of alkyl halides is 1. The van der Waals surface area contributed by atoms with Crippen LogP contribution in [0.4, 0.5) is 0 Å². The summed E-state index contributed by atoms with van der Waals surface area (Å²) >= 11 is 5.49. The van der Waals surface area contributed by atoms with Gasteiger partial charge < -0.3 is 5.32 Å². The molecule has 2 rings (SSSR count). The Bertz CT molecular complexity index is 533. The zero-order chi connectivity index (χ0) is 12.3. The maximum atomic E-state index is 11.3. The van der Waals surface area contributed by atoms with Gasteiger partial charge in [-0.05, 0) is 23.3 Å². The number of benzene rings is 2. The molecule has 0 unspecified atom stereocenters. The summed E-state index contributed by atoms with van der Waals surface area (Å²) in [6.07, 6.45) is 0. The van der Waals surface area contributed by atoms with Crippen LogP contribution in [0.25, 0.3) is 10.8 Å². The van der Waals surface area contributed by atoms with Gasteiger partial charge >= 0.3 is 0 Å². The fourth-order valence-electron chi connectivity index (χ4n) is 1.99. The zero-order valence-electron chi connectivity index (χ0n) is 9.61. The highest BCUT2D eigenvalue weighted by Gasteiger charge is 2.10. The van der Waals surface area contributed by atoms with Crippen LogP contribution in [0.2, 0.25) is 0 Å².